The van der Waals surface area contributed by atoms with Crippen molar-refractivity contribution in [2.75, 3.05) is 20.6 Å². The summed E-state index contributed by atoms with van der Waals surface area (Å²) in [5.74, 6) is 3.34. The number of carbonyl (C=O) groups excluding carboxylic acids is 1. The largest absolute Gasteiger partial charge is 0.353 e. The number of likely N-dealkylation sites (N-methyl/N-ethyl adjacent to an activating group) is 1. The van der Waals surface area contributed by atoms with Crippen molar-refractivity contribution in [2.45, 2.75) is 51.1 Å². The van der Waals surface area contributed by atoms with Crippen molar-refractivity contribution in [1.82, 2.24) is 15.5 Å². The van der Waals surface area contributed by atoms with Gasteiger partial charge >= 0.3 is 0 Å². The van der Waals surface area contributed by atoms with Crippen molar-refractivity contribution in [3.63, 3.8) is 0 Å². The first-order chi connectivity index (χ1) is 10.0. The van der Waals surface area contributed by atoms with Gasteiger partial charge in [-0.15, -0.1) is 0 Å². The Kier molecular flexibility index (Phi) is 4.09. The topological polar surface area (TPSA) is 56.7 Å². The van der Waals surface area contributed by atoms with Crippen molar-refractivity contribution >= 4 is 11.9 Å². The van der Waals surface area contributed by atoms with Crippen LogP contribution in [-0.4, -0.2) is 49.5 Å². The Bertz CT molecular complexity index is 434. The van der Waals surface area contributed by atoms with Gasteiger partial charge in [0, 0.05) is 26.2 Å². The van der Waals surface area contributed by atoms with Crippen LogP contribution in [0.1, 0.15) is 39.0 Å². The molecule has 0 aromatic heterocycles. The summed E-state index contributed by atoms with van der Waals surface area (Å²) in [7, 11) is 3.55. The van der Waals surface area contributed by atoms with E-state index in [0.29, 0.717) is 12.1 Å². The molecule has 0 spiro atoms. The second-order valence-electron chi connectivity index (χ2n) is 7.34. The predicted octanol–water partition coefficient (Wildman–Crippen LogP) is 1.21. The van der Waals surface area contributed by atoms with Gasteiger partial charge in [-0.3, -0.25) is 4.79 Å². The van der Waals surface area contributed by atoms with Crippen LogP contribution < -0.4 is 10.6 Å². The molecule has 0 heterocycles. The van der Waals surface area contributed by atoms with E-state index in [-0.39, 0.29) is 12.5 Å². The first-order valence-corrected chi connectivity index (χ1v) is 8.30. The number of aliphatic imine (C=N–C) groups is 1. The zero-order chi connectivity index (χ0) is 15.0. The summed E-state index contributed by atoms with van der Waals surface area (Å²) in [4.78, 5) is 17.8. The second-order valence-corrected chi connectivity index (χ2v) is 7.34. The molecule has 5 atom stereocenters. The highest BCUT2D eigenvalue weighted by Gasteiger charge is 2.40. The third-order valence-electron chi connectivity index (χ3n) is 5.36. The Morgan fingerprint density at radius 2 is 1.86 bits per heavy atom. The van der Waals surface area contributed by atoms with Crippen LogP contribution in [0.5, 0.6) is 0 Å². The standard InChI is InChI=1S/C16H28N4O/c1-10-6-13(10)18-16(17-9-15(21)20(2)3)19-14-8-11-4-5-12(14)7-11/h10-14H,4-9H2,1-3H3,(H2,17,18,19). The van der Waals surface area contributed by atoms with E-state index < -0.39 is 0 Å². The predicted molar refractivity (Wildman–Crippen MR) is 84.1 cm³/mol. The van der Waals surface area contributed by atoms with Crippen LogP contribution >= 0.6 is 0 Å². The fraction of sp³-hybridized carbons (Fsp3) is 0.875. The number of hydrogen-bond donors (Lipinski definition) is 2. The first kappa shape index (κ1) is 14.7. The molecule has 1 amide bonds. The number of carbonyl (C=O) groups is 1. The maximum Gasteiger partial charge on any atom is 0.243 e. The summed E-state index contributed by atoms with van der Waals surface area (Å²) in [6, 6.07) is 1.09. The van der Waals surface area contributed by atoms with E-state index in [1.165, 1.54) is 32.1 Å². The van der Waals surface area contributed by atoms with Crippen molar-refractivity contribution in [3.05, 3.63) is 0 Å². The van der Waals surface area contributed by atoms with Gasteiger partial charge in [-0.25, -0.2) is 4.99 Å². The number of guanidine groups is 1. The molecular weight excluding hydrogens is 264 g/mol. The summed E-state index contributed by atoms with van der Waals surface area (Å²) < 4.78 is 0. The molecule has 3 aliphatic carbocycles. The summed E-state index contributed by atoms with van der Waals surface area (Å²) >= 11 is 0. The fourth-order valence-corrected chi connectivity index (χ4v) is 3.72. The van der Waals surface area contributed by atoms with Gasteiger partial charge in [-0.05, 0) is 43.4 Å². The molecule has 0 aromatic carbocycles. The van der Waals surface area contributed by atoms with Crippen LogP contribution in [0.3, 0.4) is 0 Å². The Hall–Kier alpha value is -1.26. The molecule has 2 bridgehead atoms. The van der Waals surface area contributed by atoms with Crippen LogP contribution in [0, 0.1) is 17.8 Å². The van der Waals surface area contributed by atoms with Gasteiger partial charge in [0.15, 0.2) is 5.96 Å². The Morgan fingerprint density at radius 3 is 2.38 bits per heavy atom. The number of nitrogens with zero attached hydrogens (tertiary/aromatic N) is 2. The maximum absolute atomic E-state index is 11.7. The first-order valence-electron chi connectivity index (χ1n) is 8.30. The van der Waals surface area contributed by atoms with Gasteiger partial charge in [-0.2, -0.15) is 0 Å². The van der Waals surface area contributed by atoms with E-state index in [1.54, 1.807) is 19.0 Å². The van der Waals surface area contributed by atoms with Crippen molar-refractivity contribution in [2.24, 2.45) is 22.7 Å². The van der Waals surface area contributed by atoms with E-state index in [2.05, 4.69) is 22.5 Å². The van der Waals surface area contributed by atoms with Crippen molar-refractivity contribution < 1.29 is 4.79 Å². The molecule has 3 rings (SSSR count). The van der Waals surface area contributed by atoms with E-state index in [4.69, 9.17) is 0 Å². The van der Waals surface area contributed by atoms with Gasteiger partial charge in [0.25, 0.3) is 0 Å². The third-order valence-corrected chi connectivity index (χ3v) is 5.36. The Morgan fingerprint density at radius 1 is 1.14 bits per heavy atom. The summed E-state index contributed by atoms with van der Waals surface area (Å²) in [6.07, 6.45) is 6.61. The number of amides is 1. The smallest absolute Gasteiger partial charge is 0.243 e. The normalized spacial score (nSPS) is 37.5. The summed E-state index contributed by atoms with van der Waals surface area (Å²) in [5, 5.41) is 7.09. The van der Waals surface area contributed by atoms with Crippen LogP contribution in [-0.2, 0) is 4.79 Å². The lowest BCUT2D eigenvalue weighted by Crippen LogP contribution is -2.47. The van der Waals surface area contributed by atoms with Gasteiger partial charge in [0.2, 0.25) is 5.91 Å². The Balaban J connectivity index is 1.58. The molecule has 5 nitrogen and oxygen atoms in total. The third kappa shape index (κ3) is 3.50. The van der Waals surface area contributed by atoms with Crippen LogP contribution in [0.15, 0.2) is 4.99 Å². The minimum absolute atomic E-state index is 0.0490. The zero-order valence-corrected chi connectivity index (χ0v) is 13.4. The zero-order valence-electron chi connectivity index (χ0n) is 13.4. The molecule has 2 N–H and O–H groups in total. The molecule has 0 radical (unpaired) electrons. The monoisotopic (exact) mass is 292 g/mol. The van der Waals surface area contributed by atoms with Crippen LogP contribution in [0.2, 0.25) is 0 Å². The number of nitrogens with one attached hydrogen (secondary N) is 2. The molecule has 3 fully saturated rings. The lowest BCUT2D eigenvalue weighted by molar-refractivity contribution is -0.127. The minimum atomic E-state index is 0.0490. The minimum Gasteiger partial charge on any atom is -0.353 e. The van der Waals surface area contributed by atoms with Crippen LogP contribution in [0.4, 0.5) is 0 Å². The van der Waals surface area contributed by atoms with Crippen molar-refractivity contribution in [1.29, 1.82) is 0 Å². The molecule has 5 heteroatoms. The van der Waals surface area contributed by atoms with Gasteiger partial charge in [0.1, 0.15) is 6.54 Å². The highest BCUT2D eigenvalue weighted by atomic mass is 16.2. The molecule has 0 aliphatic heterocycles. The molecule has 0 saturated heterocycles. The molecule has 5 unspecified atom stereocenters. The highest BCUT2D eigenvalue weighted by Crippen LogP contribution is 2.44. The van der Waals surface area contributed by atoms with Gasteiger partial charge < -0.3 is 15.5 Å². The van der Waals surface area contributed by atoms with Crippen LogP contribution in [0.25, 0.3) is 0 Å². The lowest BCUT2D eigenvalue weighted by Gasteiger charge is -2.25. The van der Waals surface area contributed by atoms with Crippen molar-refractivity contribution in [3.8, 4) is 0 Å². The summed E-state index contributed by atoms with van der Waals surface area (Å²) in [5.41, 5.74) is 0. The highest BCUT2D eigenvalue weighted by molar-refractivity contribution is 5.85. The maximum atomic E-state index is 11.7. The van der Waals surface area contributed by atoms with Gasteiger partial charge in [0.05, 0.1) is 0 Å². The molecular formula is C16H28N4O. The quantitative estimate of drug-likeness (QED) is 0.605. The lowest BCUT2D eigenvalue weighted by atomic mass is 9.95. The Labute approximate surface area is 127 Å². The average molecular weight is 292 g/mol. The number of hydrogen-bond acceptors (Lipinski definition) is 2. The average Bonchev–Trinajstić information content (AvgIpc) is 2.87. The molecule has 21 heavy (non-hydrogen) atoms. The van der Waals surface area contributed by atoms with E-state index in [9.17, 15) is 4.79 Å². The second kappa shape index (κ2) is 5.85. The SMILES string of the molecule is CC1CC1NC(=NCC(=O)N(C)C)NC1CC2CCC1C2. The molecule has 118 valence electrons. The van der Waals surface area contributed by atoms with Gasteiger partial charge in [-0.1, -0.05) is 13.3 Å². The van der Waals surface area contributed by atoms with E-state index >= 15 is 0 Å². The fourth-order valence-electron chi connectivity index (χ4n) is 3.72. The molecule has 0 aromatic rings. The molecule has 3 saturated carbocycles. The molecule has 3 aliphatic rings. The van der Waals surface area contributed by atoms with E-state index in [0.717, 1.165) is 23.7 Å². The number of rotatable bonds is 4. The van der Waals surface area contributed by atoms with E-state index in [1.807, 2.05) is 0 Å². The number of fused-ring (bicyclic) bond motifs is 2. The summed E-state index contributed by atoms with van der Waals surface area (Å²) in [6.45, 7) is 2.47.